The summed E-state index contributed by atoms with van der Waals surface area (Å²) in [6.45, 7) is 4.60. The molecule has 1 aromatic carbocycles. The van der Waals surface area contributed by atoms with Crippen LogP contribution in [0.4, 0.5) is 5.69 Å². The molecule has 138 valence electrons. The molecule has 0 aliphatic rings. The number of hydrogen-bond acceptors (Lipinski definition) is 7. The quantitative estimate of drug-likeness (QED) is 0.734. The number of anilines is 1. The Labute approximate surface area is 150 Å². The van der Waals surface area contributed by atoms with Gasteiger partial charge in [-0.1, -0.05) is 0 Å². The van der Waals surface area contributed by atoms with E-state index in [4.69, 9.17) is 9.88 Å². The Morgan fingerprint density at radius 2 is 1.62 bits per heavy atom. The van der Waals surface area contributed by atoms with Crippen LogP contribution in [0.2, 0.25) is 0 Å². The predicted octanol–water partition coefficient (Wildman–Crippen LogP) is 0.845. The molecule has 0 bridgehead atoms. The number of amides is 1. The molecule has 3 N–H and O–H groups in total. The molecule has 0 fully saturated rings. The van der Waals surface area contributed by atoms with Crippen LogP contribution in [0.5, 0.6) is 0 Å². The van der Waals surface area contributed by atoms with Crippen LogP contribution < -0.4 is 10.5 Å². The third kappa shape index (κ3) is 4.83. The topological polar surface area (TPSA) is 141 Å². The van der Waals surface area contributed by atoms with Crippen molar-refractivity contribution in [3.8, 4) is 0 Å². The zero-order chi connectivity index (χ0) is 19.5. The van der Waals surface area contributed by atoms with E-state index in [0.29, 0.717) is 22.8 Å². The summed E-state index contributed by atoms with van der Waals surface area (Å²) in [7, 11) is -3.81. The summed E-state index contributed by atoms with van der Waals surface area (Å²) in [4.78, 5) is 32.2. The van der Waals surface area contributed by atoms with Crippen molar-refractivity contribution in [2.45, 2.75) is 25.7 Å². The highest BCUT2D eigenvalue weighted by Crippen LogP contribution is 2.13. The Kier molecular flexibility index (Phi) is 5.68. The van der Waals surface area contributed by atoms with Crippen molar-refractivity contribution in [3.05, 3.63) is 47.0 Å². The van der Waals surface area contributed by atoms with Gasteiger partial charge in [0.1, 0.15) is 0 Å². The number of primary sulfonamides is 1. The number of carbonyl (C=O) groups excluding carboxylic acids is 2. The lowest BCUT2D eigenvalue weighted by atomic mass is 10.2. The van der Waals surface area contributed by atoms with Crippen molar-refractivity contribution in [2.75, 3.05) is 11.9 Å². The highest BCUT2D eigenvalue weighted by Gasteiger charge is 2.17. The first-order chi connectivity index (χ1) is 12.1. The zero-order valence-electron chi connectivity index (χ0n) is 14.4. The second kappa shape index (κ2) is 7.58. The Bertz CT molecular complexity index is 955. The van der Waals surface area contributed by atoms with Gasteiger partial charge in [0.2, 0.25) is 10.0 Å². The summed E-state index contributed by atoms with van der Waals surface area (Å²) in [5.41, 5.74) is 2.11. The van der Waals surface area contributed by atoms with E-state index >= 15 is 0 Å². The highest BCUT2D eigenvalue weighted by atomic mass is 32.2. The van der Waals surface area contributed by atoms with Gasteiger partial charge in [-0.15, -0.1) is 0 Å². The van der Waals surface area contributed by atoms with Gasteiger partial charge >= 0.3 is 5.97 Å². The second-order valence-electron chi connectivity index (χ2n) is 5.52. The summed E-state index contributed by atoms with van der Waals surface area (Å²) in [6, 6.07) is 5.26. The maximum atomic E-state index is 12.1. The first-order valence-electron chi connectivity index (χ1n) is 7.49. The number of hydrogen-bond donors (Lipinski definition) is 2. The van der Waals surface area contributed by atoms with Crippen LogP contribution in [-0.4, -0.2) is 36.9 Å². The molecule has 9 nitrogen and oxygen atoms in total. The minimum Gasteiger partial charge on any atom is -0.451 e. The third-order valence-corrected chi connectivity index (χ3v) is 4.40. The predicted molar refractivity (Wildman–Crippen MR) is 93.0 cm³/mol. The van der Waals surface area contributed by atoms with E-state index < -0.39 is 28.5 Å². The van der Waals surface area contributed by atoms with Crippen molar-refractivity contribution < 1.29 is 22.7 Å². The number of sulfonamides is 1. The molecule has 1 heterocycles. The summed E-state index contributed by atoms with van der Waals surface area (Å²) < 4.78 is 27.3. The standard InChI is InChI=1S/C16H18N4O5S/c1-9-10(2)19-15(11(3)18-9)16(22)25-8-14(21)20-12-4-6-13(7-5-12)26(17,23)24/h4-7H,8H2,1-3H3,(H,20,21)(H2,17,23,24). The van der Waals surface area contributed by atoms with Crippen LogP contribution in [0.25, 0.3) is 0 Å². The Morgan fingerprint density at radius 3 is 2.19 bits per heavy atom. The van der Waals surface area contributed by atoms with E-state index in [0.717, 1.165) is 0 Å². The Morgan fingerprint density at radius 1 is 1.04 bits per heavy atom. The monoisotopic (exact) mass is 378 g/mol. The lowest BCUT2D eigenvalue weighted by Crippen LogP contribution is -2.22. The van der Waals surface area contributed by atoms with Crippen molar-refractivity contribution in [3.63, 3.8) is 0 Å². The minimum atomic E-state index is -3.81. The number of aromatic nitrogens is 2. The molecule has 0 saturated heterocycles. The van der Waals surface area contributed by atoms with E-state index in [1.807, 2.05) is 0 Å². The van der Waals surface area contributed by atoms with Gasteiger partial charge in [0.25, 0.3) is 5.91 Å². The number of nitrogens with two attached hydrogens (primary N) is 1. The lowest BCUT2D eigenvalue weighted by Gasteiger charge is -2.09. The molecule has 0 radical (unpaired) electrons. The zero-order valence-corrected chi connectivity index (χ0v) is 15.3. The molecule has 2 aromatic rings. The number of rotatable bonds is 5. The van der Waals surface area contributed by atoms with Crippen molar-refractivity contribution in [1.82, 2.24) is 9.97 Å². The van der Waals surface area contributed by atoms with Gasteiger partial charge in [-0.2, -0.15) is 0 Å². The average Bonchev–Trinajstić information content (AvgIpc) is 2.55. The van der Waals surface area contributed by atoms with E-state index in [1.54, 1.807) is 20.8 Å². The highest BCUT2D eigenvalue weighted by molar-refractivity contribution is 7.89. The molecule has 0 saturated carbocycles. The van der Waals surface area contributed by atoms with Crippen LogP contribution in [0.3, 0.4) is 0 Å². The second-order valence-corrected chi connectivity index (χ2v) is 7.08. The van der Waals surface area contributed by atoms with E-state index in [-0.39, 0.29) is 10.6 Å². The number of ether oxygens (including phenoxy) is 1. The first kappa shape index (κ1) is 19.5. The molecular weight excluding hydrogens is 360 g/mol. The number of nitrogens with one attached hydrogen (secondary N) is 1. The molecule has 1 aromatic heterocycles. The van der Waals surface area contributed by atoms with Crippen molar-refractivity contribution in [2.24, 2.45) is 5.14 Å². The largest absolute Gasteiger partial charge is 0.451 e. The maximum absolute atomic E-state index is 12.1. The molecule has 26 heavy (non-hydrogen) atoms. The molecular formula is C16H18N4O5S. The number of esters is 1. The number of nitrogens with zero attached hydrogens (tertiary/aromatic N) is 2. The van der Waals surface area contributed by atoms with Crippen LogP contribution in [0.15, 0.2) is 29.2 Å². The molecule has 1 amide bonds. The van der Waals surface area contributed by atoms with Gasteiger partial charge in [0.15, 0.2) is 12.3 Å². The summed E-state index contributed by atoms with van der Waals surface area (Å²) >= 11 is 0. The fraction of sp³-hybridized carbons (Fsp3) is 0.250. The molecule has 10 heteroatoms. The Hall–Kier alpha value is -2.85. The van der Waals surface area contributed by atoms with E-state index in [2.05, 4.69) is 15.3 Å². The molecule has 0 aliphatic carbocycles. The first-order valence-corrected chi connectivity index (χ1v) is 9.04. The summed E-state index contributed by atoms with van der Waals surface area (Å²) in [5.74, 6) is -1.34. The smallest absolute Gasteiger partial charge is 0.359 e. The fourth-order valence-corrected chi connectivity index (χ4v) is 2.55. The summed E-state index contributed by atoms with van der Waals surface area (Å²) in [6.07, 6.45) is 0. The Balaban J connectivity index is 1.96. The van der Waals surface area contributed by atoms with Gasteiger partial charge in [-0.05, 0) is 45.0 Å². The summed E-state index contributed by atoms with van der Waals surface area (Å²) in [5, 5.41) is 7.47. The van der Waals surface area contributed by atoms with Crippen LogP contribution in [0, 0.1) is 20.8 Å². The van der Waals surface area contributed by atoms with Gasteiger partial charge in [0.05, 0.1) is 22.0 Å². The number of carbonyl (C=O) groups is 2. The molecule has 2 rings (SSSR count). The molecule has 0 atom stereocenters. The molecule has 0 spiro atoms. The fourth-order valence-electron chi connectivity index (χ4n) is 2.03. The third-order valence-electron chi connectivity index (χ3n) is 3.48. The number of aryl methyl sites for hydroxylation is 3. The lowest BCUT2D eigenvalue weighted by molar-refractivity contribution is -0.119. The van der Waals surface area contributed by atoms with E-state index in [9.17, 15) is 18.0 Å². The average molecular weight is 378 g/mol. The normalized spacial score (nSPS) is 11.1. The molecule has 0 aliphatic heterocycles. The number of benzene rings is 1. The maximum Gasteiger partial charge on any atom is 0.359 e. The van der Waals surface area contributed by atoms with Crippen molar-refractivity contribution in [1.29, 1.82) is 0 Å². The SMILES string of the molecule is Cc1nc(C)c(C(=O)OCC(=O)Nc2ccc(S(N)(=O)=O)cc2)nc1C. The van der Waals surface area contributed by atoms with E-state index in [1.165, 1.54) is 24.3 Å². The van der Waals surface area contributed by atoms with Crippen LogP contribution >= 0.6 is 0 Å². The van der Waals surface area contributed by atoms with Gasteiger partial charge < -0.3 is 10.1 Å². The van der Waals surface area contributed by atoms with Gasteiger partial charge in [-0.25, -0.2) is 23.3 Å². The van der Waals surface area contributed by atoms with Crippen molar-refractivity contribution >= 4 is 27.6 Å². The van der Waals surface area contributed by atoms with Crippen LogP contribution in [-0.2, 0) is 19.6 Å². The minimum absolute atomic E-state index is 0.0541. The van der Waals surface area contributed by atoms with Crippen LogP contribution in [0.1, 0.15) is 27.6 Å². The molecule has 0 unspecified atom stereocenters. The van der Waals surface area contributed by atoms with Gasteiger partial charge in [0, 0.05) is 5.69 Å². The van der Waals surface area contributed by atoms with Gasteiger partial charge in [-0.3, -0.25) is 9.78 Å².